The van der Waals surface area contributed by atoms with Crippen LogP contribution in [0.25, 0.3) is 0 Å². The van der Waals surface area contributed by atoms with E-state index >= 15 is 0 Å². The summed E-state index contributed by atoms with van der Waals surface area (Å²) >= 11 is 0. The number of aliphatic hydroxyl groups is 1. The van der Waals surface area contributed by atoms with Gasteiger partial charge < -0.3 is 25.2 Å². The third-order valence-corrected chi connectivity index (χ3v) is 2.47. The number of carboxylic acid groups (broad SMARTS) is 1. The number of ether oxygens (including phenoxy) is 1. The van der Waals surface area contributed by atoms with E-state index in [0.717, 1.165) is 6.42 Å². The van der Waals surface area contributed by atoms with Gasteiger partial charge in [-0.15, -0.1) is 0 Å². The maximum absolute atomic E-state index is 11.7. The molecule has 0 aromatic heterocycles. The molecule has 0 radical (unpaired) electrons. The number of carbonyl (C=O) groups excluding carboxylic acids is 1. The van der Waals surface area contributed by atoms with Crippen LogP contribution in [0.3, 0.4) is 0 Å². The van der Waals surface area contributed by atoms with Crippen LogP contribution in [0.5, 0.6) is 0 Å². The van der Waals surface area contributed by atoms with Crippen molar-refractivity contribution in [3.63, 3.8) is 0 Å². The SMILES string of the molecule is CC1CN(C(=O)NCC(O)C(=O)O)CCCO1. The van der Waals surface area contributed by atoms with Crippen LogP contribution in [-0.2, 0) is 9.53 Å². The van der Waals surface area contributed by atoms with Crippen LogP contribution < -0.4 is 5.32 Å². The maximum Gasteiger partial charge on any atom is 0.334 e. The Morgan fingerprint density at radius 2 is 2.29 bits per heavy atom. The van der Waals surface area contributed by atoms with Crippen LogP contribution in [0.1, 0.15) is 13.3 Å². The summed E-state index contributed by atoms with van der Waals surface area (Å²) < 4.78 is 5.38. The summed E-state index contributed by atoms with van der Waals surface area (Å²) in [5.74, 6) is -1.35. The molecule has 2 atom stereocenters. The van der Waals surface area contributed by atoms with Crippen molar-refractivity contribution in [3.05, 3.63) is 0 Å². The molecule has 2 amide bonds. The Bertz CT molecular complexity index is 284. The van der Waals surface area contributed by atoms with Gasteiger partial charge in [-0.2, -0.15) is 0 Å². The highest BCUT2D eigenvalue weighted by Gasteiger charge is 2.21. The molecular weight excluding hydrogens is 228 g/mol. The molecule has 17 heavy (non-hydrogen) atoms. The van der Waals surface area contributed by atoms with Crippen molar-refractivity contribution in [1.29, 1.82) is 0 Å². The smallest absolute Gasteiger partial charge is 0.334 e. The molecule has 0 bridgehead atoms. The standard InChI is InChI=1S/C10H18N2O5/c1-7-6-12(3-2-4-17-7)10(16)11-5-8(13)9(14)15/h7-8,13H,2-6H2,1H3,(H,11,16)(H,14,15). The number of hydrogen-bond donors (Lipinski definition) is 3. The predicted octanol–water partition coefficient (Wildman–Crippen LogP) is -0.748. The van der Waals surface area contributed by atoms with Crippen LogP contribution in [0.15, 0.2) is 0 Å². The van der Waals surface area contributed by atoms with E-state index in [1.54, 1.807) is 4.90 Å². The van der Waals surface area contributed by atoms with Crippen molar-refractivity contribution >= 4 is 12.0 Å². The molecule has 0 spiro atoms. The van der Waals surface area contributed by atoms with E-state index in [1.165, 1.54) is 0 Å². The average molecular weight is 246 g/mol. The Kier molecular flexibility index (Phi) is 5.17. The van der Waals surface area contributed by atoms with Crippen molar-refractivity contribution in [2.75, 3.05) is 26.2 Å². The summed E-state index contributed by atoms with van der Waals surface area (Å²) in [5.41, 5.74) is 0. The third kappa shape index (κ3) is 4.58. The largest absolute Gasteiger partial charge is 0.479 e. The fraction of sp³-hybridized carbons (Fsp3) is 0.800. The van der Waals surface area contributed by atoms with Crippen molar-refractivity contribution in [2.45, 2.75) is 25.6 Å². The van der Waals surface area contributed by atoms with Gasteiger partial charge in [0, 0.05) is 19.7 Å². The Morgan fingerprint density at radius 1 is 1.59 bits per heavy atom. The number of carboxylic acids is 1. The second kappa shape index (κ2) is 6.41. The zero-order chi connectivity index (χ0) is 12.8. The summed E-state index contributed by atoms with van der Waals surface area (Å²) in [4.78, 5) is 23.6. The van der Waals surface area contributed by atoms with Gasteiger partial charge in [0.25, 0.3) is 0 Å². The van der Waals surface area contributed by atoms with Gasteiger partial charge in [0.05, 0.1) is 12.6 Å². The number of nitrogens with one attached hydrogen (secondary N) is 1. The molecule has 0 saturated carbocycles. The van der Waals surface area contributed by atoms with E-state index in [4.69, 9.17) is 14.9 Å². The molecular formula is C10H18N2O5. The van der Waals surface area contributed by atoms with Crippen molar-refractivity contribution in [3.8, 4) is 0 Å². The monoisotopic (exact) mass is 246 g/mol. The Hall–Kier alpha value is -1.34. The molecule has 2 unspecified atom stereocenters. The van der Waals surface area contributed by atoms with Crippen LogP contribution in [0, 0.1) is 0 Å². The lowest BCUT2D eigenvalue weighted by Gasteiger charge is -2.22. The van der Waals surface area contributed by atoms with Crippen LogP contribution >= 0.6 is 0 Å². The lowest BCUT2D eigenvalue weighted by atomic mass is 10.3. The number of amides is 2. The molecule has 3 N–H and O–H groups in total. The summed E-state index contributed by atoms with van der Waals surface area (Å²) in [5, 5.41) is 19.9. The topological polar surface area (TPSA) is 99.1 Å². The van der Waals surface area contributed by atoms with Crippen LogP contribution in [-0.4, -0.2) is 65.6 Å². The first-order valence-corrected chi connectivity index (χ1v) is 5.56. The van der Waals surface area contributed by atoms with Gasteiger partial charge in [-0.25, -0.2) is 9.59 Å². The van der Waals surface area contributed by atoms with Crippen LogP contribution in [0.2, 0.25) is 0 Å². The molecule has 1 aliphatic heterocycles. The molecule has 0 aliphatic carbocycles. The molecule has 0 aromatic rings. The minimum Gasteiger partial charge on any atom is -0.479 e. The van der Waals surface area contributed by atoms with Crippen molar-refractivity contribution in [2.24, 2.45) is 0 Å². The molecule has 98 valence electrons. The molecule has 1 saturated heterocycles. The van der Waals surface area contributed by atoms with Gasteiger partial charge in [-0.3, -0.25) is 0 Å². The van der Waals surface area contributed by atoms with Gasteiger partial charge in [0.15, 0.2) is 6.10 Å². The molecule has 7 heteroatoms. The Morgan fingerprint density at radius 3 is 2.94 bits per heavy atom. The van der Waals surface area contributed by atoms with Gasteiger partial charge in [0.1, 0.15) is 0 Å². The minimum absolute atomic E-state index is 0.0346. The van der Waals surface area contributed by atoms with Gasteiger partial charge in [0.2, 0.25) is 0 Å². The van der Waals surface area contributed by atoms with Crippen molar-refractivity contribution in [1.82, 2.24) is 10.2 Å². The number of rotatable bonds is 3. The minimum atomic E-state index is -1.57. The number of aliphatic carboxylic acids is 1. The van der Waals surface area contributed by atoms with E-state index in [-0.39, 0.29) is 18.7 Å². The predicted molar refractivity (Wildman–Crippen MR) is 58.6 cm³/mol. The van der Waals surface area contributed by atoms with E-state index in [9.17, 15) is 9.59 Å². The first-order chi connectivity index (χ1) is 8.00. The highest BCUT2D eigenvalue weighted by Crippen LogP contribution is 2.05. The Labute approximate surface area is 99.4 Å². The first kappa shape index (κ1) is 13.7. The van der Waals surface area contributed by atoms with Gasteiger partial charge in [-0.1, -0.05) is 0 Å². The zero-order valence-corrected chi connectivity index (χ0v) is 9.76. The first-order valence-electron chi connectivity index (χ1n) is 5.56. The fourth-order valence-corrected chi connectivity index (χ4v) is 1.56. The number of aliphatic hydroxyl groups excluding tert-OH is 1. The van der Waals surface area contributed by atoms with Crippen LogP contribution in [0.4, 0.5) is 4.79 Å². The molecule has 1 heterocycles. The highest BCUT2D eigenvalue weighted by atomic mass is 16.5. The van der Waals surface area contributed by atoms with E-state index in [1.807, 2.05) is 6.92 Å². The lowest BCUT2D eigenvalue weighted by molar-refractivity contribution is -0.146. The molecule has 1 fully saturated rings. The van der Waals surface area contributed by atoms with Gasteiger partial charge >= 0.3 is 12.0 Å². The van der Waals surface area contributed by atoms with E-state index in [0.29, 0.717) is 19.7 Å². The number of urea groups is 1. The Balaban J connectivity index is 2.38. The van der Waals surface area contributed by atoms with Crippen molar-refractivity contribution < 1.29 is 24.5 Å². The average Bonchev–Trinajstić information content (AvgIpc) is 2.50. The number of hydrogen-bond acceptors (Lipinski definition) is 4. The second-order valence-corrected chi connectivity index (χ2v) is 4.02. The fourth-order valence-electron chi connectivity index (χ4n) is 1.56. The number of carbonyl (C=O) groups is 2. The normalized spacial score (nSPS) is 22.7. The summed E-state index contributed by atoms with van der Waals surface area (Å²) in [6.45, 7) is 3.23. The third-order valence-electron chi connectivity index (χ3n) is 2.47. The lowest BCUT2D eigenvalue weighted by Crippen LogP contribution is -2.46. The molecule has 7 nitrogen and oxygen atoms in total. The molecule has 1 aliphatic rings. The van der Waals surface area contributed by atoms with E-state index < -0.39 is 12.1 Å². The zero-order valence-electron chi connectivity index (χ0n) is 9.76. The summed E-state index contributed by atoms with van der Waals surface area (Å²) in [6, 6.07) is -0.373. The summed E-state index contributed by atoms with van der Waals surface area (Å²) in [7, 11) is 0. The second-order valence-electron chi connectivity index (χ2n) is 4.02. The quantitative estimate of drug-likeness (QED) is 0.608. The van der Waals surface area contributed by atoms with E-state index in [2.05, 4.69) is 5.32 Å². The van der Waals surface area contributed by atoms with Gasteiger partial charge in [-0.05, 0) is 13.3 Å². The highest BCUT2D eigenvalue weighted by molar-refractivity contribution is 5.76. The number of nitrogens with zero attached hydrogens (tertiary/aromatic N) is 1. The molecule has 1 rings (SSSR count). The molecule has 0 aromatic carbocycles. The summed E-state index contributed by atoms with van der Waals surface area (Å²) in [6.07, 6.45) is -0.855. The maximum atomic E-state index is 11.7.